The maximum Gasteiger partial charge on any atom is 0.318 e. The number of oxime groups is 1. The van der Waals surface area contributed by atoms with Gasteiger partial charge in [-0.2, -0.15) is 0 Å². The summed E-state index contributed by atoms with van der Waals surface area (Å²) < 4.78 is 1.80. The number of carbonyl (C=O) groups excluding carboxylic acids is 2. The number of thiazole rings is 1. The van der Waals surface area contributed by atoms with Crippen LogP contribution in [0.4, 0.5) is 5.13 Å². The Hall–Kier alpha value is -3.19. The minimum absolute atomic E-state index is 0.0642. The molecule has 0 aromatic carbocycles. The van der Waals surface area contributed by atoms with Crippen LogP contribution in [-0.4, -0.2) is 69.3 Å². The number of β-lactam (4-membered cyclic amide) rings is 1. The topological polar surface area (TPSA) is 151 Å². The smallest absolute Gasteiger partial charge is 0.318 e. The number of hydrogen-bond acceptors (Lipinski definition) is 9. The van der Waals surface area contributed by atoms with Crippen LogP contribution in [0.15, 0.2) is 41.1 Å². The number of fused-ring (bicyclic) bond motifs is 1. The highest BCUT2D eigenvalue weighted by Crippen LogP contribution is 2.42. The molecule has 4 heterocycles. The van der Waals surface area contributed by atoms with E-state index in [1.54, 1.807) is 22.3 Å². The summed E-state index contributed by atoms with van der Waals surface area (Å²) in [6.07, 6.45) is 3.59. The number of carboxylic acids is 1. The van der Waals surface area contributed by atoms with Crippen molar-refractivity contribution in [2.75, 3.05) is 25.1 Å². The number of nitrogen functional groups attached to an aromatic ring is 1. The van der Waals surface area contributed by atoms with Gasteiger partial charge in [0.05, 0.1) is 0 Å². The summed E-state index contributed by atoms with van der Waals surface area (Å²) >= 11 is 2.49. The lowest BCUT2D eigenvalue weighted by Crippen LogP contribution is -2.75. The lowest BCUT2D eigenvalue weighted by molar-refractivity contribution is -0.706. The Morgan fingerprint density at radius 2 is 2.19 bits per heavy atom. The average molecular weight is 478 g/mol. The van der Waals surface area contributed by atoms with Crippen LogP contribution < -0.4 is 15.6 Å². The van der Waals surface area contributed by atoms with Crippen molar-refractivity contribution in [3.8, 4) is 0 Å². The van der Waals surface area contributed by atoms with E-state index in [0.29, 0.717) is 5.75 Å². The number of hydrogen-bond donors (Lipinski definition) is 3. The molecule has 2 aliphatic heterocycles. The van der Waals surface area contributed by atoms with Gasteiger partial charge in [-0.05, 0) is 0 Å². The van der Waals surface area contributed by atoms with Crippen LogP contribution in [0.25, 0.3) is 0 Å². The van der Waals surface area contributed by atoms with Crippen molar-refractivity contribution >= 4 is 51.7 Å². The summed E-state index contributed by atoms with van der Waals surface area (Å²) in [6.45, 7) is 0.300. The molecule has 0 aliphatic carbocycles. The van der Waals surface area contributed by atoms with E-state index >= 15 is 0 Å². The molecule has 2 saturated heterocycles. The molecule has 0 saturated carbocycles. The molecular formula is C19H21N6O5S2+. The van der Waals surface area contributed by atoms with Crippen LogP contribution in [0.3, 0.4) is 0 Å². The zero-order valence-corrected chi connectivity index (χ0v) is 18.6. The molecule has 0 bridgehead atoms. The first kappa shape index (κ1) is 22.0. The highest BCUT2D eigenvalue weighted by Gasteiger charge is 2.59. The first-order chi connectivity index (χ1) is 15.3. The molecule has 2 fully saturated rings. The van der Waals surface area contributed by atoms with Crippen molar-refractivity contribution in [1.29, 1.82) is 0 Å². The number of aliphatic carboxylic acids is 1. The van der Waals surface area contributed by atoms with E-state index in [4.69, 9.17) is 10.6 Å². The standard InChI is InChI=1S/C19H20N6O5S2/c1-30-23-12(11-7-31-18(20)21-11)14(26)22-13-15(27)25-9-19(17(28)29,10-32-16(13)25)8-24-5-3-2-4-6-24/h2-7,13,16H,8-10H2,1H3,(H3-,20,21,22,26,28,29)/p+1/t13?,16-,19?/m1/s1. The van der Waals surface area contributed by atoms with Crippen molar-refractivity contribution in [1.82, 2.24) is 15.2 Å². The maximum absolute atomic E-state index is 12.8. The Balaban J connectivity index is 1.46. The molecule has 11 nitrogen and oxygen atoms in total. The van der Waals surface area contributed by atoms with Gasteiger partial charge in [0.15, 0.2) is 35.2 Å². The first-order valence-electron chi connectivity index (χ1n) is 9.57. The number of pyridine rings is 1. The number of nitrogens with zero attached hydrogens (tertiary/aromatic N) is 4. The van der Waals surface area contributed by atoms with Crippen LogP contribution in [0.1, 0.15) is 5.69 Å². The van der Waals surface area contributed by atoms with Gasteiger partial charge in [-0.3, -0.25) is 14.4 Å². The van der Waals surface area contributed by atoms with Crippen LogP contribution in [-0.2, 0) is 25.8 Å². The van der Waals surface area contributed by atoms with Crippen LogP contribution >= 0.6 is 23.1 Å². The number of amides is 2. The number of carboxylic acid groups (broad SMARTS) is 1. The molecule has 2 aliphatic rings. The Bertz CT molecular complexity index is 1080. The number of carbonyl (C=O) groups is 3. The van der Waals surface area contributed by atoms with Gasteiger partial charge in [0.1, 0.15) is 24.2 Å². The third-order valence-corrected chi connectivity index (χ3v) is 7.57. The van der Waals surface area contributed by atoms with Crippen molar-refractivity contribution in [2.45, 2.75) is 18.0 Å². The summed E-state index contributed by atoms with van der Waals surface area (Å²) in [5.74, 6) is -1.62. The summed E-state index contributed by atoms with van der Waals surface area (Å²) in [4.78, 5) is 48.0. The zero-order valence-electron chi connectivity index (χ0n) is 17.0. The lowest BCUT2D eigenvalue weighted by Gasteiger charge is -2.53. The van der Waals surface area contributed by atoms with Crippen LogP contribution in [0.2, 0.25) is 0 Å². The number of nitrogens with two attached hydrogens (primary N) is 1. The van der Waals surface area contributed by atoms with Gasteiger partial charge in [-0.15, -0.1) is 23.1 Å². The van der Waals surface area contributed by atoms with Crippen molar-refractivity contribution < 1.29 is 28.9 Å². The van der Waals surface area contributed by atoms with E-state index in [2.05, 4.69) is 15.5 Å². The minimum Gasteiger partial charge on any atom is -0.481 e. The predicted molar refractivity (Wildman–Crippen MR) is 117 cm³/mol. The van der Waals surface area contributed by atoms with Gasteiger partial charge in [0, 0.05) is 29.8 Å². The molecule has 13 heteroatoms. The molecule has 32 heavy (non-hydrogen) atoms. The molecule has 2 unspecified atom stereocenters. The minimum atomic E-state index is -1.13. The highest BCUT2D eigenvalue weighted by atomic mass is 32.2. The lowest BCUT2D eigenvalue weighted by atomic mass is 9.86. The Kier molecular flexibility index (Phi) is 6.02. The second kappa shape index (κ2) is 8.74. The normalized spacial score (nSPS) is 25.0. The van der Waals surface area contributed by atoms with E-state index in [-0.39, 0.29) is 40.9 Å². The predicted octanol–water partition coefficient (Wildman–Crippen LogP) is -0.466. The molecule has 3 atom stereocenters. The molecule has 4 rings (SSSR count). The Morgan fingerprint density at radius 3 is 2.81 bits per heavy atom. The second-order valence-corrected chi connectivity index (χ2v) is 9.44. The van der Waals surface area contributed by atoms with Gasteiger partial charge in [0.2, 0.25) is 5.91 Å². The van der Waals surface area contributed by atoms with Gasteiger partial charge in [-0.25, -0.2) is 9.55 Å². The van der Waals surface area contributed by atoms with Crippen molar-refractivity contribution in [3.05, 3.63) is 41.7 Å². The molecule has 2 aromatic heterocycles. The van der Waals surface area contributed by atoms with Gasteiger partial charge >= 0.3 is 5.97 Å². The molecule has 168 valence electrons. The molecule has 2 aromatic rings. The quantitative estimate of drug-likeness (QED) is 0.210. The zero-order chi connectivity index (χ0) is 22.9. The molecule has 0 radical (unpaired) electrons. The Labute approximate surface area is 191 Å². The van der Waals surface area contributed by atoms with Crippen molar-refractivity contribution in [3.63, 3.8) is 0 Å². The number of rotatable bonds is 7. The van der Waals surface area contributed by atoms with Crippen LogP contribution in [0, 0.1) is 5.41 Å². The maximum atomic E-state index is 12.8. The van der Waals surface area contributed by atoms with E-state index in [1.807, 2.05) is 18.2 Å². The third kappa shape index (κ3) is 4.00. The SMILES string of the molecule is CON=C(C(=O)NC1C(=O)N2CC(C[n+]3ccccc3)(C(=O)O)CS[C@H]12)c1csc(N)n1. The largest absolute Gasteiger partial charge is 0.481 e. The summed E-state index contributed by atoms with van der Waals surface area (Å²) in [6, 6.07) is 4.71. The van der Waals surface area contributed by atoms with E-state index in [0.717, 1.165) is 11.3 Å². The summed E-state index contributed by atoms with van der Waals surface area (Å²) in [5, 5.41) is 17.8. The van der Waals surface area contributed by atoms with E-state index in [9.17, 15) is 19.5 Å². The summed E-state index contributed by atoms with van der Waals surface area (Å²) in [7, 11) is 1.30. The van der Waals surface area contributed by atoms with Gasteiger partial charge in [0.25, 0.3) is 5.91 Å². The second-order valence-electron chi connectivity index (χ2n) is 7.45. The number of thioether (sulfide) groups is 1. The molecule has 2 amide bonds. The number of aromatic nitrogens is 2. The van der Waals surface area contributed by atoms with E-state index in [1.165, 1.54) is 23.8 Å². The van der Waals surface area contributed by atoms with E-state index < -0.39 is 23.3 Å². The number of anilines is 1. The van der Waals surface area contributed by atoms with Crippen molar-refractivity contribution in [2.24, 2.45) is 10.6 Å². The van der Waals surface area contributed by atoms with Gasteiger partial charge < -0.3 is 25.9 Å². The first-order valence-corrected chi connectivity index (χ1v) is 11.5. The monoisotopic (exact) mass is 477 g/mol. The molecule has 4 N–H and O–H groups in total. The fourth-order valence-electron chi connectivity index (χ4n) is 3.71. The Morgan fingerprint density at radius 1 is 1.44 bits per heavy atom. The third-order valence-electron chi connectivity index (χ3n) is 5.31. The molecular weight excluding hydrogens is 456 g/mol. The van der Waals surface area contributed by atoms with Gasteiger partial charge in [-0.1, -0.05) is 11.2 Å². The average Bonchev–Trinajstić information content (AvgIpc) is 3.22. The molecule has 0 spiro atoms. The summed E-state index contributed by atoms with van der Waals surface area (Å²) in [5.41, 5.74) is 4.66. The fraction of sp³-hybridized carbons (Fsp3) is 0.368. The highest BCUT2D eigenvalue weighted by molar-refractivity contribution is 8.00. The fourth-order valence-corrected chi connectivity index (χ4v) is 5.79. The number of nitrogens with one attached hydrogen (secondary N) is 1. The van der Waals surface area contributed by atoms with Crippen LogP contribution in [0.5, 0.6) is 0 Å².